The molecule has 0 fully saturated rings. The zero-order valence-corrected chi connectivity index (χ0v) is 15.4. The van der Waals surface area contributed by atoms with Gasteiger partial charge in [0.2, 0.25) is 0 Å². The number of nitrogens with one attached hydrogen (secondary N) is 1. The summed E-state index contributed by atoms with van der Waals surface area (Å²) >= 11 is 0. The monoisotopic (exact) mass is 358 g/mol. The molecule has 0 unspecified atom stereocenters. The van der Waals surface area contributed by atoms with Crippen molar-refractivity contribution >= 4 is 29.0 Å². The molecule has 0 saturated carbocycles. The minimum atomic E-state index is -0.651. The Morgan fingerprint density at radius 2 is 1.70 bits per heavy atom. The number of carbonyl (C=O) groups is 1. The maximum absolute atomic E-state index is 12.2. The van der Waals surface area contributed by atoms with Crippen molar-refractivity contribution in [3.63, 3.8) is 0 Å². The Morgan fingerprint density at radius 3 is 2.48 bits per heavy atom. The van der Waals surface area contributed by atoms with Crippen LogP contribution in [0.1, 0.15) is 19.4 Å². The molecule has 4 nitrogen and oxygen atoms in total. The van der Waals surface area contributed by atoms with Gasteiger partial charge in [0, 0.05) is 0 Å². The van der Waals surface area contributed by atoms with E-state index in [2.05, 4.69) is 10.5 Å². The smallest absolute Gasteiger partial charge is 0.280 e. The van der Waals surface area contributed by atoms with Gasteiger partial charge >= 0.3 is 0 Å². The summed E-state index contributed by atoms with van der Waals surface area (Å²) in [5, 5.41) is 6.21. The van der Waals surface area contributed by atoms with Gasteiger partial charge in [0.05, 0.1) is 6.21 Å². The molecule has 3 rings (SSSR count). The molecule has 27 heavy (non-hydrogen) atoms. The van der Waals surface area contributed by atoms with Crippen LogP contribution < -0.4 is 10.2 Å². The van der Waals surface area contributed by atoms with Crippen LogP contribution >= 0.6 is 0 Å². The van der Waals surface area contributed by atoms with Crippen molar-refractivity contribution in [2.45, 2.75) is 20.0 Å². The highest BCUT2D eigenvalue weighted by Gasteiger charge is 2.14. The number of nitrogens with zero attached hydrogens (tertiary/aromatic N) is 1. The van der Waals surface area contributed by atoms with Gasteiger partial charge in [0.15, 0.2) is 6.10 Å². The van der Waals surface area contributed by atoms with Gasteiger partial charge in [-0.05, 0) is 47.9 Å². The zero-order chi connectivity index (χ0) is 19.1. The topological polar surface area (TPSA) is 50.7 Å². The summed E-state index contributed by atoms with van der Waals surface area (Å²) in [6, 6.07) is 23.7. The fourth-order valence-corrected chi connectivity index (χ4v) is 2.64. The molecule has 0 heterocycles. The van der Waals surface area contributed by atoms with Gasteiger partial charge in [-0.3, -0.25) is 4.79 Å². The third kappa shape index (κ3) is 5.28. The molecule has 136 valence electrons. The molecule has 0 radical (unpaired) electrons. The van der Waals surface area contributed by atoms with Crippen molar-refractivity contribution in [3.05, 3.63) is 83.9 Å². The summed E-state index contributed by atoms with van der Waals surface area (Å²) in [5.41, 5.74) is 4.54. The fourth-order valence-electron chi connectivity index (χ4n) is 2.64. The number of fused-ring (bicyclic) bond motifs is 1. The lowest BCUT2D eigenvalue weighted by Crippen LogP contribution is -2.33. The Kier molecular flexibility index (Phi) is 6.00. The van der Waals surface area contributed by atoms with Gasteiger partial charge in [0.25, 0.3) is 5.91 Å². The second-order valence-corrected chi connectivity index (χ2v) is 6.30. The van der Waals surface area contributed by atoms with Gasteiger partial charge < -0.3 is 4.74 Å². The standard InChI is InChI=1S/C23H22N2O2/c1-17(14-19-8-4-3-5-9-19)16-24-25-23(26)18(2)27-22-13-12-20-10-6-7-11-21(20)15-22/h3-16,18H,1-2H3,(H,25,26)/b17-14-,24-16-/t18-/m1/s1. The predicted octanol–water partition coefficient (Wildman–Crippen LogP) is 4.81. The van der Waals surface area contributed by atoms with Crippen LogP contribution in [0.15, 0.2) is 83.5 Å². The van der Waals surface area contributed by atoms with Crippen molar-refractivity contribution in [3.8, 4) is 5.75 Å². The van der Waals surface area contributed by atoms with Crippen molar-refractivity contribution in [2.75, 3.05) is 0 Å². The quantitative estimate of drug-likeness (QED) is 0.508. The number of ether oxygens (including phenoxy) is 1. The summed E-state index contributed by atoms with van der Waals surface area (Å²) in [7, 11) is 0. The van der Waals surface area contributed by atoms with Gasteiger partial charge in [0.1, 0.15) is 5.75 Å². The van der Waals surface area contributed by atoms with Gasteiger partial charge in [-0.15, -0.1) is 0 Å². The summed E-state index contributed by atoms with van der Waals surface area (Å²) in [5.74, 6) is 0.354. The molecule has 3 aromatic rings. The molecule has 0 aliphatic carbocycles. The molecule has 0 aliphatic rings. The van der Waals surface area contributed by atoms with Crippen LogP contribution in [-0.4, -0.2) is 18.2 Å². The maximum atomic E-state index is 12.2. The highest BCUT2D eigenvalue weighted by Crippen LogP contribution is 2.21. The SMILES string of the molecule is CC(/C=N\NC(=O)[C@@H](C)Oc1ccc2ccccc2c1)=C/c1ccccc1. The first-order chi connectivity index (χ1) is 13.1. The van der Waals surface area contributed by atoms with E-state index in [9.17, 15) is 4.79 Å². The lowest BCUT2D eigenvalue weighted by Gasteiger charge is -2.13. The van der Waals surface area contributed by atoms with Crippen LogP contribution in [0.25, 0.3) is 16.8 Å². The largest absolute Gasteiger partial charge is 0.481 e. The molecule has 3 aromatic carbocycles. The van der Waals surface area contributed by atoms with E-state index in [1.54, 1.807) is 13.1 Å². The van der Waals surface area contributed by atoms with Crippen LogP contribution in [-0.2, 0) is 4.79 Å². The second-order valence-electron chi connectivity index (χ2n) is 6.30. The number of rotatable bonds is 6. The molecule has 1 atom stereocenters. The molecular formula is C23H22N2O2. The molecule has 0 aliphatic heterocycles. The van der Waals surface area contributed by atoms with Crippen LogP contribution in [0.4, 0.5) is 0 Å². The van der Waals surface area contributed by atoms with E-state index in [0.29, 0.717) is 5.75 Å². The Bertz CT molecular complexity index is 978. The molecule has 0 saturated heterocycles. The van der Waals surface area contributed by atoms with E-state index in [1.807, 2.05) is 85.8 Å². The number of hydrazone groups is 1. The van der Waals surface area contributed by atoms with E-state index in [-0.39, 0.29) is 5.91 Å². The molecule has 0 aromatic heterocycles. The second kappa shape index (κ2) is 8.81. The third-order valence-corrected chi connectivity index (χ3v) is 4.04. The number of allylic oxidation sites excluding steroid dienone is 1. The number of amides is 1. The Balaban J connectivity index is 1.56. The average molecular weight is 358 g/mol. The molecule has 1 amide bonds. The minimum absolute atomic E-state index is 0.299. The highest BCUT2D eigenvalue weighted by molar-refractivity contribution is 5.87. The number of hydrogen-bond acceptors (Lipinski definition) is 3. The normalized spacial score (nSPS) is 12.9. The molecule has 0 bridgehead atoms. The van der Waals surface area contributed by atoms with E-state index in [4.69, 9.17) is 4.74 Å². The van der Waals surface area contributed by atoms with Crippen LogP contribution in [0.3, 0.4) is 0 Å². The van der Waals surface area contributed by atoms with E-state index in [0.717, 1.165) is 21.9 Å². The number of hydrogen-bond donors (Lipinski definition) is 1. The fraction of sp³-hybridized carbons (Fsp3) is 0.130. The lowest BCUT2D eigenvalue weighted by molar-refractivity contribution is -0.127. The van der Waals surface area contributed by atoms with E-state index < -0.39 is 6.10 Å². The first kappa shape index (κ1) is 18.4. The summed E-state index contributed by atoms with van der Waals surface area (Å²) < 4.78 is 5.74. The highest BCUT2D eigenvalue weighted by atomic mass is 16.5. The lowest BCUT2D eigenvalue weighted by atomic mass is 10.1. The number of benzene rings is 3. The summed E-state index contributed by atoms with van der Waals surface area (Å²) in [6.07, 6.45) is 2.96. The molecule has 1 N–H and O–H groups in total. The molecule has 4 heteroatoms. The Morgan fingerprint density at radius 1 is 1.00 bits per heavy atom. The van der Waals surface area contributed by atoms with E-state index in [1.165, 1.54) is 0 Å². The number of carbonyl (C=O) groups excluding carboxylic acids is 1. The predicted molar refractivity (Wildman–Crippen MR) is 111 cm³/mol. The maximum Gasteiger partial charge on any atom is 0.280 e. The molecular weight excluding hydrogens is 336 g/mol. The first-order valence-corrected chi connectivity index (χ1v) is 8.83. The first-order valence-electron chi connectivity index (χ1n) is 8.83. The van der Waals surface area contributed by atoms with Crippen LogP contribution in [0.5, 0.6) is 5.75 Å². The summed E-state index contributed by atoms with van der Waals surface area (Å²) in [6.45, 7) is 3.63. The van der Waals surface area contributed by atoms with E-state index >= 15 is 0 Å². The van der Waals surface area contributed by atoms with Crippen LogP contribution in [0, 0.1) is 0 Å². The average Bonchev–Trinajstić information content (AvgIpc) is 2.68. The van der Waals surface area contributed by atoms with Crippen LogP contribution in [0.2, 0.25) is 0 Å². The van der Waals surface area contributed by atoms with Crippen molar-refractivity contribution in [1.29, 1.82) is 0 Å². The van der Waals surface area contributed by atoms with Gasteiger partial charge in [-0.1, -0.05) is 66.7 Å². The van der Waals surface area contributed by atoms with Crippen molar-refractivity contribution in [1.82, 2.24) is 5.43 Å². The third-order valence-electron chi connectivity index (χ3n) is 4.04. The Labute approximate surface area is 159 Å². The van der Waals surface area contributed by atoms with Gasteiger partial charge in [-0.2, -0.15) is 5.10 Å². The minimum Gasteiger partial charge on any atom is -0.481 e. The molecule has 0 spiro atoms. The Hall–Kier alpha value is -3.40. The van der Waals surface area contributed by atoms with Crippen molar-refractivity contribution < 1.29 is 9.53 Å². The van der Waals surface area contributed by atoms with Crippen molar-refractivity contribution in [2.24, 2.45) is 5.10 Å². The van der Waals surface area contributed by atoms with Gasteiger partial charge in [-0.25, -0.2) is 5.43 Å². The summed E-state index contributed by atoms with van der Waals surface area (Å²) in [4.78, 5) is 12.2. The zero-order valence-electron chi connectivity index (χ0n) is 15.4.